The van der Waals surface area contributed by atoms with Crippen molar-refractivity contribution in [2.24, 2.45) is 0 Å². The average molecular weight is 497 g/mol. The zero-order chi connectivity index (χ0) is 25.8. The number of hydrogen-bond acceptors (Lipinski definition) is 7. The van der Waals surface area contributed by atoms with Gasteiger partial charge >= 0.3 is 0 Å². The Bertz CT molecular complexity index is 1440. The molecule has 0 aliphatic carbocycles. The van der Waals surface area contributed by atoms with Gasteiger partial charge in [-0.1, -0.05) is 59.2 Å². The van der Waals surface area contributed by atoms with E-state index in [2.05, 4.69) is 45.2 Å². The number of allylic oxidation sites excluding steroid dienone is 1. The van der Waals surface area contributed by atoms with Crippen molar-refractivity contribution in [3.05, 3.63) is 101 Å². The van der Waals surface area contributed by atoms with E-state index in [-0.39, 0.29) is 5.91 Å². The summed E-state index contributed by atoms with van der Waals surface area (Å²) in [5, 5.41) is 18.2. The van der Waals surface area contributed by atoms with Crippen molar-refractivity contribution in [3.63, 3.8) is 0 Å². The number of nitrogens with one attached hydrogen (secondary N) is 2. The number of anilines is 2. The molecular formula is C28H28N6O3. The molecule has 3 aromatic carbocycles. The fraction of sp³-hybridized carbons (Fsp3) is 0.214. The molecule has 0 radical (unpaired) electrons. The Hall–Kier alpha value is -4.66. The number of hydrogen-bond donors (Lipinski definition) is 2. The maximum atomic E-state index is 13.6. The number of aromatic nitrogens is 4. The molecule has 1 aliphatic heterocycles. The normalized spacial score (nSPS) is 14.5. The maximum Gasteiger partial charge on any atom is 0.255 e. The molecular weight excluding hydrogens is 468 g/mol. The van der Waals surface area contributed by atoms with Crippen LogP contribution in [0.25, 0.3) is 0 Å². The molecule has 0 spiro atoms. The van der Waals surface area contributed by atoms with E-state index in [1.54, 1.807) is 4.68 Å². The lowest BCUT2D eigenvalue weighted by atomic mass is 9.95. The Morgan fingerprint density at radius 1 is 1.03 bits per heavy atom. The first-order valence-electron chi connectivity index (χ1n) is 12.1. The fourth-order valence-electron chi connectivity index (χ4n) is 4.37. The highest BCUT2D eigenvalue weighted by atomic mass is 16.5. The summed E-state index contributed by atoms with van der Waals surface area (Å²) in [7, 11) is 0. The number of nitrogens with zero attached hydrogens (tertiary/aromatic N) is 4. The molecule has 4 aromatic rings. The van der Waals surface area contributed by atoms with E-state index in [4.69, 9.17) is 9.47 Å². The minimum absolute atomic E-state index is 0.275. The highest BCUT2D eigenvalue weighted by Crippen LogP contribution is 2.36. The topological polar surface area (TPSA) is 103 Å². The molecule has 2 N–H and O–H groups in total. The van der Waals surface area contributed by atoms with Crippen molar-refractivity contribution < 1.29 is 14.3 Å². The monoisotopic (exact) mass is 496 g/mol. The molecule has 1 atom stereocenters. The SMILES string of the molecule is CCOc1ccccc1NC(=O)C1=C(C)Nc2nnnn2C1c1ccc(OCc2cccc(C)c2)cc1. The lowest BCUT2D eigenvalue weighted by Gasteiger charge is -2.28. The molecule has 0 fully saturated rings. The van der Waals surface area contributed by atoms with Gasteiger partial charge in [-0.25, -0.2) is 0 Å². The van der Waals surface area contributed by atoms with Crippen LogP contribution in [-0.2, 0) is 11.4 Å². The number of ether oxygens (including phenoxy) is 2. The van der Waals surface area contributed by atoms with Crippen LogP contribution in [0.1, 0.15) is 36.6 Å². The van der Waals surface area contributed by atoms with E-state index in [9.17, 15) is 4.79 Å². The first kappa shape index (κ1) is 24.1. The van der Waals surface area contributed by atoms with Crippen LogP contribution < -0.4 is 20.1 Å². The first-order chi connectivity index (χ1) is 18.0. The van der Waals surface area contributed by atoms with Gasteiger partial charge in [0.15, 0.2) is 0 Å². The van der Waals surface area contributed by atoms with Crippen LogP contribution in [0.3, 0.4) is 0 Å². The summed E-state index contributed by atoms with van der Waals surface area (Å²) < 4.78 is 13.3. The molecule has 9 heteroatoms. The highest BCUT2D eigenvalue weighted by Gasteiger charge is 2.34. The number of carbonyl (C=O) groups excluding carboxylic acids is 1. The molecule has 0 bridgehead atoms. The highest BCUT2D eigenvalue weighted by molar-refractivity contribution is 6.06. The second-order valence-electron chi connectivity index (χ2n) is 8.74. The van der Waals surface area contributed by atoms with Gasteiger partial charge in [0.2, 0.25) is 5.95 Å². The zero-order valence-corrected chi connectivity index (χ0v) is 20.9. The van der Waals surface area contributed by atoms with Gasteiger partial charge in [0.25, 0.3) is 5.91 Å². The van der Waals surface area contributed by atoms with Gasteiger partial charge < -0.3 is 20.1 Å². The average Bonchev–Trinajstić information content (AvgIpc) is 3.36. The van der Waals surface area contributed by atoms with E-state index in [1.807, 2.05) is 74.5 Å². The summed E-state index contributed by atoms with van der Waals surface area (Å²) in [6, 6.07) is 22.7. The number of para-hydroxylation sites is 2. The Balaban J connectivity index is 1.41. The molecule has 1 aliphatic rings. The Morgan fingerprint density at radius 3 is 2.62 bits per heavy atom. The van der Waals surface area contributed by atoms with Crippen molar-refractivity contribution >= 4 is 17.5 Å². The quantitative estimate of drug-likeness (QED) is 0.358. The second kappa shape index (κ2) is 10.5. The fourth-order valence-corrected chi connectivity index (χ4v) is 4.37. The number of carbonyl (C=O) groups is 1. The van der Waals surface area contributed by atoms with Crippen LogP contribution in [0.2, 0.25) is 0 Å². The third kappa shape index (κ3) is 5.16. The molecule has 188 valence electrons. The van der Waals surface area contributed by atoms with E-state index in [1.165, 1.54) is 5.56 Å². The van der Waals surface area contributed by atoms with Gasteiger partial charge in [0.1, 0.15) is 24.1 Å². The van der Waals surface area contributed by atoms with Crippen LogP contribution >= 0.6 is 0 Å². The summed E-state index contributed by atoms with van der Waals surface area (Å²) in [5.41, 5.74) is 4.90. The molecule has 1 aromatic heterocycles. The van der Waals surface area contributed by atoms with Gasteiger partial charge in [0.05, 0.1) is 17.9 Å². The third-order valence-corrected chi connectivity index (χ3v) is 6.08. The lowest BCUT2D eigenvalue weighted by molar-refractivity contribution is -0.113. The zero-order valence-electron chi connectivity index (χ0n) is 20.9. The van der Waals surface area contributed by atoms with E-state index in [0.717, 1.165) is 16.9 Å². The molecule has 37 heavy (non-hydrogen) atoms. The minimum atomic E-state index is -0.531. The molecule has 1 unspecified atom stereocenters. The van der Waals surface area contributed by atoms with Crippen molar-refractivity contribution in [2.75, 3.05) is 17.2 Å². The van der Waals surface area contributed by atoms with Crippen molar-refractivity contribution in [2.45, 2.75) is 33.4 Å². The molecule has 9 nitrogen and oxygen atoms in total. The van der Waals surface area contributed by atoms with Crippen LogP contribution in [0.4, 0.5) is 11.6 Å². The summed E-state index contributed by atoms with van der Waals surface area (Å²) >= 11 is 0. The van der Waals surface area contributed by atoms with Gasteiger partial charge in [-0.3, -0.25) is 4.79 Å². The van der Waals surface area contributed by atoms with Crippen LogP contribution in [-0.4, -0.2) is 32.7 Å². The van der Waals surface area contributed by atoms with Crippen LogP contribution in [0.5, 0.6) is 11.5 Å². The van der Waals surface area contributed by atoms with Gasteiger partial charge in [0, 0.05) is 5.70 Å². The van der Waals surface area contributed by atoms with E-state index < -0.39 is 6.04 Å². The first-order valence-corrected chi connectivity index (χ1v) is 12.1. The predicted molar refractivity (Wildman–Crippen MR) is 140 cm³/mol. The van der Waals surface area contributed by atoms with Gasteiger partial charge in [-0.05, 0) is 66.6 Å². The lowest BCUT2D eigenvalue weighted by Crippen LogP contribution is -2.31. The van der Waals surface area contributed by atoms with E-state index >= 15 is 0 Å². The largest absolute Gasteiger partial charge is 0.492 e. The number of aryl methyl sites for hydroxylation is 1. The summed E-state index contributed by atoms with van der Waals surface area (Å²) in [6.07, 6.45) is 0. The Morgan fingerprint density at radius 2 is 1.84 bits per heavy atom. The van der Waals surface area contributed by atoms with Crippen molar-refractivity contribution in [1.29, 1.82) is 0 Å². The number of benzene rings is 3. The molecule has 2 heterocycles. The molecule has 0 saturated carbocycles. The summed E-state index contributed by atoms with van der Waals surface area (Å²) in [5.74, 6) is 1.53. The molecule has 5 rings (SSSR count). The Kier molecular flexibility index (Phi) is 6.85. The van der Waals surface area contributed by atoms with Gasteiger partial charge in [-0.15, -0.1) is 0 Å². The van der Waals surface area contributed by atoms with Gasteiger partial charge in [-0.2, -0.15) is 4.68 Å². The third-order valence-electron chi connectivity index (χ3n) is 6.08. The summed E-state index contributed by atoms with van der Waals surface area (Å²) in [4.78, 5) is 13.6. The van der Waals surface area contributed by atoms with Crippen molar-refractivity contribution in [1.82, 2.24) is 20.2 Å². The molecule has 0 saturated heterocycles. The van der Waals surface area contributed by atoms with Crippen LogP contribution in [0.15, 0.2) is 84.1 Å². The number of amides is 1. The predicted octanol–water partition coefficient (Wildman–Crippen LogP) is 4.89. The molecule has 1 amide bonds. The summed E-state index contributed by atoms with van der Waals surface area (Å²) in [6.45, 7) is 6.76. The smallest absolute Gasteiger partial charge is 0.255 e. The van der Waals surface area contributed by atoms with Crippen molar-refractivity contribution in [3.8, 4) is 11.5 Å². The Labute approximate surface area is 215 Å². The van der Waals surface area contributed by atoms with E-state index in [0.29, 0.717) is 41.9 Å². The second-order valence-corrected chi connectivity index (χ2v) is 8.74. The minimum Gasteiger partial charge on any atom is -0.492 e. The number of fused-ring (bicyclic) bond motifs is 1. The number of rotatable bonds is 8. The number of tetrazole rings is 1. The maximum absolute atomic E-state index is 13.6. The standard InChI is InChI=1S/C28H28N6O3/c1-4-36-24-11-6-5-10-23(24)30-27(35)25-19(3)29-28-31-32-33-34(28)26(25)21-12-14-22(15-13-21)37-17-20-9-7-8-18(2)16-20/h5-16,26H,4,17H2,1-3H3,(H,30,35)(H,29,31,33). The van der Waals surface area contributed by atoms with Crippen LogP contribution in [0, 0.1) is 6.92 Å².